The highest BCUT2D eigenvalue weighted by atomic mass is 19.4. The van der Waals surface area contributed by atoms with Gasteiger partial charge in [0.15, 0.2) is 11.5 Å². The highest BCUT2D eigenvalue weighted by Crippen LogP contribution is 2.40. The Bertz CT molecular complexity index is 1540. The number of amides is 1. The number of fused-ring (bicyclic) bond motifs is 1. The Hall–Kier alpha value is -4.37. The summed E-state index contributed by atoms with van der Waals surface area (Å²) in [5.74, 6) is -0.478. The summed E-state index contributed by atoms with van der Waals surface area (Å²) in [6, 6.07) is 27.3. The predicted molar refractivity (Wildman–Crippen MR) is 151 cm³/mol. The summed E-state index contributed by atoms with van der Waals surface area (Å²) < 4.78 is 71.4. The molecule has 5 nitrogen and oxygen atoms in total. The minimum Gasteiger partial charge on any atom is -0.454 e. The van der Waals surface area contributed by atoms with Crippen molar-refractivity contribution in [2.45, 2.75) is 31.2 Å². The molecule has 1 fully saturated rings. The maximum Gasteiger partial charge on any atom is 0.416 e. The van der Waals surface area contributed by atoms with Crippen LogP contribution in [0.5, 0.6) is 11.5 Å². The molecule has 1 saturated heterocycles. The van der Waals surface area contributed by atoms with E-state index in [0.29, 0.717) is 42.6 Å². The molecule has 4 aromatic rings. The van der Waals surface area contributed by atoms with E-state index in [1.165, 1.54) is 0 Å². The molecule has 6 rings (SSSR count). The summed E-state index contributed by atoms with van der Waals surface area (Å²) in [5.41, 5.74) is 1.56. The molecule has 0 aliphatic carbocycles. The zero-order chi connectivity index (χ0) is 30.0. The van der Waals surface area contributed by atoms with E-state index in [4.69, 9.17) is 14.2 Å². The number of nitrogens with zero attached hydrogens (tertiary/aromatic N) is 1. The normalized spacial score (nSPS) is 18.2. The van der Waals surface area contributed by atoms with Crippen LogP contribution in [0.3, 0.4) is 0 Å². The number of alkyl halides is 3. The molecule has 2 unspecified atom stereocenters. The first-order chi connectivity index (χ1) is 20.8. The molecule has 2 heterocycles. The first kappa shape index (κ1) is 28.7. The number of benzene rings is 4. The molecule has 1 amide bonds. The zero-order valence-electron chi connectivity index (χ0n) is 23.1. The van der Waals surface area contributed by atoms with E-state index in [-0.39, 0.29) is 36.7 Å². The molecule has 4 aromatic carbocycles. The van der Waals surface area contributed by atoms with Gasteiger partial charge >= 0.3 is 6.18 Å². The van der Waals surface area contributed by atoms with Crippen molar-refractivity contribution < 1.29 is 36.6 Å². The van der Waals surface area contributed by atoms with Gasteiger partial charge in [-0.15, -0.1) is 0 Å². The summed E-state index contributed by atoms with van der Waals surface area (Å²) in [6.07, 6.45) is -4.66. The van der Waals surface area contributed by atoms with Crippen molar-refractivity contribution >= 4 is 5.91 Å². The quantitative estimate of drug-likeness (QED) is 0.210. The second-order valence-corrected chi connectivity index (χ2v) is 10.8. The average Bonchev–Trinajstić information content (AvgIpc) is 3.49. The van der Waals surface area contributed by atoms with E-state index in [2.05, 4.69) is 0 Å². The lowest BCUT2D eigenvalue weighted by Gasteiger charge is -2.42. The fourth-order valence-electron chi connectivity index (χ4n) is 5.99. The smallest absolute Gasteiger partial charge is 0.416 e. The van der Waals surface area contributed by atoms with E-state index in [9.17, 15) is 22.4 Å². The van der Waals surface area contributed by atoms with Crippen LogP contribution >= 0.6 is 0 Å². The molecule has 0 N–H and O–H groups in total. The summed E-state index contributed by atoms with van der Waals surface area (Å²) in [5, 5.41) is 0. The standard InChI is InChI=1S/C34H29F4NO4/c35-27-16-22(15-26(18-27)34(36,37)38)20-41-29-13-14-39(33(40)25-11-12-30-31(17-25)43-21-42-30)19-28(29)32(23-7-3-1-4-8-23)24-9-5-2-6-10-24/h1-12,15-18,28-29,32H,13-14,19-21H2. The third-order valence-electron chi connectivity index (χ3n) is 7.99. The maximum absolute atomic E-state index is 14.1. The van der Waals surface area contributed by atoms with Gasteiger partial charge < -0.3 is 19.1 Å². The van der Waals surface area contributed by atoms with Crippen molar-refractivity contribution in [3.63, 3.8) is 0 Å². The Balaban J connectivity index is 1.32. The number of carbonyl (C=O) groups is 1. The minimum absolute atomic E-state index is 0.0981. The van der Waals surface area contributed by atoms with Crippen molar-refractivity contribution in [2.24, 2.45) is 5.92 Å². The highest BCUT2D eigenvalue weighted by Gasteiger charge is 2.39. The van der Waals surface area contributed by atoms with Crippen LogP contribution in [-0.4, -0.2) is 36.8 Å². The fourth-order valence-corrected chi connectivity index (χ4v) is 5.99. The molecule has 43 heavy (non-hydrogen) atoms. The van der Waals surface area contributed by atoms with E-state index in [0.717, 1.165) is 23.3 Å². The van der Waals surface area contributed by atoms with Crippen LogP contribution in [0.15, 0.2) is 97.1 Å². The second kappa shape index (κ2) is 12.1. The van der Waals surface area contributed by atoms with Gasteiger partial charge in [0, 0.05) is 30.5 Å². The van der Waals surface area contributed by atoms with Crippen LogP contribution in [-0.2, 0) is 17.5 Å². The predicted octanol–water partition coefficient (Wildman–Crippen LogP) is 7.45. The highest BCUT2D eigenvalue weighted by molar-refractivity contribution is 5.95. The number of carbonyl (C=O) groups excluding carboxylic acids is 1. The number of hydrogen-bond acceptors (Lipinski definition) is 4. The van der Waals surface area contributed by atoms with Crippen LogP contribution in [0, 0.1) is 11.7 Å². The number of likely N-dealkylation sites (tertiary alicyclic amines) is 1. The lowest BCUT2D eigenvalue weighted by atomic mass is 9.75. The maximum atomic E-state index is 14.1. The van der Waals surface area contributed by atoms with E-state index in [1.54, 1.807) is 23.1 Å². The van der Waals surface area contributed by atoms with Gasteiger partial charge in [-0.2, -0.15) is 13.2 Å². The molecule has 0 saturated carbocycles. The molecular weight excluding hydrogens is 562 g/mol. The number of piperidine rings is 1. The van der Waals surface area contributed by atoms with Crippen molar-refractivity contribution in [1.82, 2.24) is 4.90 Å². The minimum atomic E-state index is -4.68. The summed E-state index contributed by atoms with van der Waals surface area (Å²) in [6.45, 7) is 0.614. The topological polar surface area (TPSA) is 48.0 Å². The number of ether oxygens (including phenoxy) is 3. The summed E-state index contributed by atoms with van der Waals surface area (Å²) in [4.78, 5) is 15.5. The molecule has 2 atom stereocenters. The first-order valence-electron chi connectivity index (χ1n) is 14.0. The van der Waals surface area contributed by atoms with Crippen LogP contribution in [0.1, 0.15) is 45.0 Å². The molecule has 2 aliphatic rings. The Morgan fingerprint density at radius 1 is 0.884 bits per heavy atom. The van der Waals surface area contributed by atoms with Crippen LogP contribution in [0.2, 0.25) is 0 Å². The number of hydrogen-bond donors (Lipinski definition) is 0. The molecule has 0 radical (unpaired) electrons. The van der Waals surface area contributed by atoms with Crippen LogP contribution in [0.25, 0.3) is 0 Å². The molecule has 9 heteroatoms. The van der Waals surface area contributed by atoms with Gasteiger partial charge in [-0.25, -0.2) is 4.39 Å². The second-order valence-electron chi connectivity index (χ2n) is 10.8. The number of halogens is 4. The Labute approximate surface area is 246 Å². The monoisotopic (exact) mass is 591 g/mol. The van der Waals surface area contributed by atoms with Crippen molar-refractivity contribution in [3.8, 4) is 11.5 Å². The van der Waals surface area contributed by atoms with Gasteiger partial charge in [0.25, 0.3) is 5.91 Å². The lowest BCUT2D eigenvalue weighted by molar-refractivity contribution is -0.137. The van der Waals surface area contributed by atoms with Crippen LogP contribution < -0.4 is 9.47 Å². The Morgan fingerprint density at radius 3 is 2.23 bits per heavy atom. The zero-order valence-corrected chi connectivity index (χ0v) is 23.1. The van der Waals surface area contributed by atoms with Gasteiger partial charge in [0.05, 0.1) is 18.3 Å². The molecule has 0 bridgehead atoms. The van der Waals surface area contributed by atoms with Gasteiger partial charge in [-0.05, 0) is 59.5 Å². The van der Waals surface area contributed by atoms with Crippen molar-refractivity contribution in [3.05, 3.63) is 131 Å². The molecule has 2 aliphatic heterocycles. The van der Waals surface area contributed by atoms with Gasteiger partial charge in [0.1, 0.15) is 5.82 Å². The van der Waals surface area contributed by atoms with E-state index < -0.39 is 23.7 Å². The lowest BCUT2D eigenvalue weighted by Crippen LogP contribution is -2.49. The van der Waals surface area contributed by atoms with E-state index >= 15 is 0 Å². The molecule has 0 spiro atoms. The van der Waals surface area contributed by atoms with Gasteiger partial charge in [-0.1, -0.05) is 60.7 Å². The fraction of sp³-hybridized carbons (Fsp3) is 0.265. The van der Waals surface area contributed by atoms with Crippen molar-refractivity contribution in [1.29, 1.82) is 0 Å². The SMILES string of the molecule is O=C(c1ccc2c(c1)OCO2)N1CCC(OCc2cc(F)cc(C(F)(F)F)c2)C(C(c2ccccc2)c2ccccc2)C1. The van der Waals surface area contributed by atoms with E-state index in [1.807, 2.05) is 60.7 Å². The Kier molecular flexibility index (Phi) is 8.08. The third-order valence-corrected chi connectivity index (χ3v) is 7.99. The average molecular weight is 592 g/mol. The largest absolute Gasteiger partial charge is 0.454 e. The number of rotatable bonds is 7. The molecule has 222 valence electrons. The third kappa shape index (κ3) is 6.37. The van der Waals surface area contributed by atoms with Crippen molar-refractivity contribution in [2.75, 3.05) is 19.9 Å². The Morgan fingerprint density at radius 2 is 1.56 bits per heavy atom. The molecule has 0 aromatic heterocycles. The summed E-state index contributed by atoms with van der Waals surface area (Å²) in [7, 11) is 0. The molecular formula is C34H29F4NO4. The summed E-state index contributed by atoms with van der Waals surface area (Å²) >= 11 is 0. The van der Waals surface area contributed by atoms with Crippen LogP contribution in [0.4, 0.5) is 17.6 Å². The van der Waals surface area contributed by atoms with Gasteiger partial charge in [-0.3, -0.25) is 4.79 Å². The van der Waals surface area contributed by atoms with Gasteiger partial charge in [0.2, 0.25) is 6.79 Å². The first-order valence-corrected chi connectivity index (χ1v) is 14.0.